The molecule has 2 aliphatic rings. The third kappa shape index (κ3) is 3.91. The maximum absolute atomic E-state index is 13.3. The smallest absolute Gasteiger partial charge is 0.298 e. The van der Waals surface area contributed by atoms with Crippen molar-refractivity contribution >= 4 is 17.5 Å². The van der Waals surface area contributed by atoms with Crippen molar-refractivity contribution in [2.75, 3.05) is 18.4 Å². The second kappa shape index (κ2) is 7.47. The highest BCUT2D eigenvalue weighted by Gasteiger charge is 2.58. The van der Waals surface area contributed by atoms with Gasteiger partial charge in [-0.05, 0) is 55.0 Å². The maximum Gasteiger partial charge on any atom is 0.298 e. The minimum absolute atomic E-state index is 0.0267. The van der Waals surface area contributed by atoms with Crippen molar-refractivity contribution in [3.63, 3.8) is 0 Å². The van der Waals surface area contributed by atoms with E-state index in [4.69, 9.17) is 0 Å². The molecule has 0 aromatic heterocycles. The number of benzene rings is 2. The van der Waals surface area contributed by atoms with Gasteiger partial charge < -0.3 is 10.2 Å². The van der Waals surface area contributed by atoms with Crippen molar-refractivity contribution < 1.29 is 14.0 Å². The highest BCUT2D eigenvalue weighted by atomic mass is 19.1. The van der Waals surface area contributed by atoms with Gasteiger partial charge in [-0.25, -0.2) is 4.39 Å². The molecule has 0 unspecified atom stereocenters. The van der Waals surface area contributed by atoms with Gasteiger partial charge in [0.25, 0.3) is 5.91 Å². The van der Waals surface area contributed by atoms with Crippen LogP contribution in [0.3, 0.4) is 0 Å². The highest BCUT2D eigenvalue weighted by molar-refractivity contribution is 5.96. The minimum Gasteiger partial charge on any atom is -0.332 e. The Hall–Kier alpha value is -3.13. The molecule has 1 N–H and O–H groups in total. The zero-order valence-electron chi connectivity index (χ0n) is 15.5. The Labute approximate surface area is 163 Å². The lowest BCUT2D eigenvalue weighted by atomic mass is 9.90. The quantitative estimate of drug-likeness (QED) is 0.817. The second-order valence-corrected chi connectivity index (χ2v) is 7.53. The summed E-state index contributed by atoms with van der Waals surface area (Å²) in [4.78, 5) is 26.6. The van der Waals surface area contributed by atoms with E-state index in [-0.39, 0.29) is 29.0 Å². The van der Waals surface area contributed by atoms with Crippen LogP contribution in [0.15, 0.2) is 54.6 Å². The molecule has 0 radical (unpaired) electrons. The molecule has 0 bridgehead atoms. The lowest BCUT2D eigenvalue weighted by molar-refractivity contribution is -0.126. The summed E-state index contributed by atoms with van der Waals surface area (Å²) in [5.74, 6) is 4.95. The maximum atomic E-state index is 13.3. The molecule has 5 heteroatoms. The second-order valence-electron chi connectivity index (χ2n) is 7.53. The van der Waals surface area contributed by atoms with Crippen LogP contribution >= 0.6 is 0 Å². The summed E-state index contributed by atoms with van der Waals surface area (Å²) in [5, 5.41) is 2.81. The van der Waals surface area contributed by atoms with Crippen molar-refractivity contribution in [2.24, 2.45) is 11.3 Å². The molecular formula is C23H21FN2O2. The molecule has 2 aromatic carbocycles. The van der Waals surface area contributed by atoms with Gasteiger partial charge >= 0.3 is 0 Å². The number of halogens is 1. The molecule has 1 atom stereocenters. The van der Waals surface area contributed by atoms with Crippen molar-refractivity contribution in [2.45, 2.75) is 19.3 Å². The Balaban J connectivity index is 1.30. The van der Waals surface area contributed by atoms with Gasteiger partial charge in [-0.3, -0.25) is 9.59 Å². The Kier molecular flexibility index (Phi) is 4.87. The number of anilines is 1. The molecule has 142 valence electrons. The first kappa shape index (κ1) is 18.2. The number of hydrogen-bond acceptors (Lipinski definition) is 2. The van der Waals surface area contributed by atoms with Crippen LogP contribution in [-0.4, -0.2) is 29.8 Å². The van der Waals surface area contributed by atoms with Gasteiger partial charge in [0, 0.05) is 36.2 Å². The minimum atomic E-state index is -0.369. The van der Waals surface area contributed by atoms with Gasteiger partial charge in [0.05, 0.1) is 0 Å². The Morgan fingerprint density at radius 3 is 2.54 bits per heavy atom. The number of hydrogen-bond donors (Lipinski definition) is 1. The van der Waals surface area contributed by atoms with E-state index in [0.29, 0.717) is 18.8 Å². The van der Waals surface area contributed by atoms with E-state index >= 15 is 0 Å². The van der Waals surface area contributed by atoms with Gasteiger partial charge in [0.2, 0.25) is 5.91 Å². The van der Waals surface area contributed by atoms with Gasteiger partial charge in [-0.2, -0.15) is 0 Å². The molecule has 2 amide bonds. The topological polar surface area (TPSA) is 49.4 Å². The van der Waals surface area contributed by atoms with Gasteiger partial charge in [0.1, 0.15) is 5.82 Å². The Morgan fingerprint density at radius 2 is 1.82 bits per heavy atom. The van der Waals surface area contributed by atoms with Crippen molar-refractivity contribution in [1.29, 1.82) is 0 Å². The Morgan fingerprint density at radius 1 is 1.07 bits per heavy atom. The van der Waals surface area contributed by atoms with Crippen LogP contribution < -0.4 is 5.32 Å². The van der Waals surface area contributed by atoms with Crippen LogP contribution in [0.2, 0.25) is 0 Å². The van der Waals surface area contributed by atoms with Gasteiger partial charge in [0.15, 0.2) is 0 Å². The monoisotopic (exact) mass is 376 g/mol. The lowest BCUT2D eigenvalue weighted by Gasteiger charge is -2.31. The normalized spacial score (nSPS) is 19.5. The third-order valence-corrected chi connectivity index (χ3v) is 5.73. The number of carbonyl (C=O) groups excluding carboxylic acids is 2. The Bertz CT molecular complexity index is 953. The predicted molar refractivity (Wildman–Crippen MR) is 105 cm³/mol. The summed E-state index contributed by atoms with van der Waals surface area (Å²) < 4.78 is 13.3. The number of piperidine rings is 1. The molecule has 2 fully saturated rings. The number of likely N-dealkylation sites (tertiary alicyclic amines) is 1. The SMILES string of the molecule is O=C(Nc1cccc(F)c1)[C@H]1CC12CCN(C(=O)C#Cc1ccccc1)CC2. The van der Waals surface area contributed by atoms with E-state index in [2.05, 4.69) is 17.2 Å². The summed E-state index contributed by atoms with van der Waals surface area (Å²) in [6.45, 7) is 1.23. The molecule has 1 saturated heterocycles. The largest absolute Gasteiger partial charge is 0.332 e. The first-order valence-corrected chi connectivity index (χ1v) is 9.48. The number of nitrogens with zero attached hydrogens (tertiary/aromatic N) is 1. The predicted octanol–water partition coefficient (Wildman–Crippen LogP) is 3.44. The molecular weight excluding hydrogens is 355 g/mol. The summed E-state index contributed by atoms with van der Waals surface area (Å²) >= 11 is 0. The molecule has 1 spiro atoms. The van der Waals surface area contributed by atoms with E-state index in [1.54, 1.807) is 17.0 Å². The van der Waals surface area contributed by atoms with Crippen molar-refractivity contribution in [3.05, 3.63) is 66.0 Å². The highest BCUT2D eigenvalue weighted by Crippen LogP contribution is 2.59. The van der Waals surface area contributed by atoms with Crippen LogP contribution in [0.1, 0.15) is 24.8 Å². The van der Waals surface area contributed by atoms with Crippen LogP contribution in [0.25, 0.3) is 0 Å². The summed E-state index contributed by atoms with van der Waals surface area (Å²) in [6.07, 6.45) is 2.42. The van der Waals surface area contributed by atoms with Gasteiger partial charge in [-0.15, -0.1) is 0 Å². The molecule has 2 aromatic rings. The molecule has 1 saturated carbocycles. The molecule has 1 aliphatic carbocycles. The molecule has 1 aliphatic heterocycles. The lowest BCUT2D eigenvalue weighted by Crippen LogP contribution is -2.39. The zero-order valence-corrected chi connectivity index (χ0v) is 15.5. The number of amides is 2. The molecule has 28 heavy (non-hydrogen) atoms. The fourth-order valence-electron chi connectivity index (χ4n) is 3.95. The average Bonchev–Trinajstić information content (AvgIpc) is 3.41. The van der Waals surface area contributed by atoms with Crippen molar-refractivity contribution in [3.8, 4) is 11.8 Å². The van der Waals surface area contributed by atoms with E-state index in [1.807, 2.05) is 30.3 Å². The van der Waals surface area contributed by atoms with E-state index in [9.17, 15) is 14.0 Å². The fourth-order valence-corrected chi connectivity index (χ4v) is 3.95. The van der Waals surface area contributed by atoms with E-state index in [0.717, 1.165) is 24.8 Å². The molecule has 4 nitrogen and oxygen atoms in total. The summed E-state index contributed by atoms with van der Waals surface area (Å²) in [5.41, 5.74) is 1.28. The number of carbonyl (C=O) groups is 2. The summed E-state index contributed by atoms with van der Waals surface area (Å²) in [7, 11) is 0. The number of nitrogens with one attached hydrogen (secondary N) is 1. The van der Waals surface area contributed by atoms with Crippen LogP contribution in [0.5, 0.6) is 0 Å². The standard InChI is InChI=1S/C23H21FN2O2/c24-18-7-4-8-19(15-18)25-22(28)20-16-23(20)11-13-26(14-12-23)21(27)10-9-17-5-2-1-3-6-17/h1-8,15,20H,11-14,16H2,(H,25,28)/t20-/m1/s1. The van der Waals surface area contributed by atoms with Crippen LogP contribution in [0.4, 0.5) is 10.1 Å². The van der Waals surface area contributed by atoms with E-state index in [1.165, 1.54) is 12.1 Å². The molecule has 1 heterocycles. The molecule has 4 rings (SSSR count). The van der Waals surface area contributed by atoms with E-state index < -0.39 is 0 Å². The van der Waals surface area contributed by atoms with Crippen molar-refractivity contribution in [1.82, 2.24) is 4.90 Å². The third-order valence-electron chi connectivity index (χ3n) is 5.73. The zero-order chi connectivity index (χ0) is 19.6. The average molecular weight is 376 g/mol. The van der Waals surface area contributed by atoms with Crippen LogP contribution in [0, 0.1) is 29.0 Å². The van der Waals surface area contributed by atoms with Gasteiger partial charge in [-0.1, -0.05) is 30.2 Å². The first-order chi connectivity index (χ1) is 13.6. The van der Waals surface area contributed by atoms with Crippen LogP contribution in [-0.2, 0) is 9.59 Å². The summed E-state index contributed by atoms with van der Waals surface area (Å²) in [6, 6.07) is 15.4. The first-order valence-electron chi connectivity index (χ1n) is 9.48. The number of rotatable bonds is 2. The fraction of sp³-hybridized carbons (Fsp3) is 0.304.